The van der Waals surface area contributed by atoms with E-state index in [1.165, 1.54) is 25.0 Å². The molecule has 2 fully saturated rings. The minimum Gasteiger partial charge on any atom is -0.389 e. The van der Waals surface area contributed by atoms with E-state index in [9.17, 15) is 18.3 Å². The van der Waals surface area contributed by atoms with Crippen LogP contribution >= 0.6 is 0 Å². The SMILES string of the molecule is CC(C)[C@H]1CC[C@@H](C)C[C@@H]1OC[C@H](O)CN1CCN(c2cccc(C(F)(F)F)c2)CC1. The summed E-state index contributed by atoms with van der Waals surface area (Å²) in [6, 6.07) is 5.51. The van der Waals surface area contributed by atoms with Gasteiger partial charge >= 0.3 is 6.18 Å². The van der Waals surface area contributed by atoms with Crippen molar-refractivity contribution in [1.82, 2.24) is 4.90 Å². The van der Waals surface area contributed by atoms with Crippen molar-refractivity contribution in [3.63, 3.8) is 0 Å². The summed E-state index contributed by atoms with van der Waals surface area (Å²) < 4.78 is 45.1. The van der Waals surface area contributed by atoms with Gasteiger partial charge in [-0.2, -0.15) is 13.2 Å². The number of halogens is 3. The highest BCUT2D eigenvalue weighted by Crippen LogP contribution is 2.35. The van der Waals surface area contributed by atoms with Crippen LogP contribution in [0.2, 0.25) is 0 Å². The summed E-state index contributed by atoms with van der Waals surface area (Å²) in [5.41, 5.74) is -0.0127. The number of rotatable bonds is 7. The predicted molar refractivity (Wildman–Crippen MR) is 117 cm³/mol. The average Bonchev–Trinajstić information content (AvgIpc) is 2.72. The highest BCUT2D eigenvalue weighted by Gasteiger charge is 2.33. The van der Waals surface area contributed by atoms with Crippen LogP contribution in [-0.2, 0) is 10.9 Å². The topological polar surface area (TPSA) is 35.9 Å². The summed E-state index contributed by atoms with van der Waals surface area (Å²) in [6.45, 7) is 10.3. The Balaban J connectivity index is 1.44. The molecule has 31 heavy (non-hydrogen) atoms. The first-order chi connectivity index (χ1) is 14.6. The molecule has 0 unspecified atom stereocenters. The highest BCUT2D eigenvalue weighted by molar-refractivity contribution is 5.49. The molecule has 1 aromatic rings. The maximum Gasteiger partial charge on any atom is 0.416 e. The number of nitrogens with zero attached hydrogens (tertiary/aromatic N) is 2. The maximum absolute atomic E-state index is 13.0. The molecule has 0 spiro atoms. The molecule has 0 amide bonds. The van der Waals surface area contributed by atoms with Gasteiger partial charge in [-0.15, -0.1) is 0 Å². The summed E-state index contributed by atoms with van der Waals surface area (Å²) in [5.74, 6) is 1.80. The van der Waals surface area contributed by atoms with Crippen molar-refractivity contribution in [2.24, 2.45) is 17.8 Å². The van der Waals surface area contributed by atoms with Crippen LogP contribution in [0.1, 0.15) is 45.6 Å². The number of aliphatic hydroxyl groups excluding tert-OH is 1. The van der Waals surface area contributed by atoms with Crippen LogP contribution in [0.25, 0.3) is 0 Å². The number of hydrogen-bond acceptors (Lipinski definition) is 4. The molecule has 1 aliphatic carbocycles. The van der Waals surface area contributed by atoms with Crippen LogP contribution in [0.4, 0.5) is 18.9 Å². The smallest absolute Gasteiger partial charge is 0.389 e. The first-order valence-electron chi connectivity index (χ1n) is 11.6. The molecule has 1 heterocycles. The number of anilines is 1. The number of aliphatic hydroxyl groups is 1. The van der Waals surface area contributed by atoms with Gasteiger partial charge in [-0.3, -0.25) is 4.90 Å². The van der Waals surface area contributed by atoms with Gasteiger partial charge in [-0.25, -0.2) is 0 Å². The normalized spacial score (nSPS) is 27.0. The Morgan fingerprint density at radius 2 is 1.84 bits per heavy atom. The Kier molecular flexibility index (Phi) is 8.27. The van der Waals surface area contributed by atoms with Crippen LogP contribution in [0.5, 0.6) is 0 Å². The van der Waals surface area contributed by atoms with Gasteiger partial charge in [-0.1, -0.05) is 33.3 Å². The van der Waals surface area contributed by atoms with Crippen LogP contribution in [0, 0.1) is 17.8 Å². The molecule has 1 aliphatic heterocycles. The lowest BCUT2D eigenvalue weighted by Crippen LogP contribution is -2.49. The molecule has 3 rings (SSSR count). The lowest BCUT2D eigenvalue weighted by atomic mass is 9.75. The Labute approximate surface area is 184 Å². The number of alkyl halides is 3. The zero-order valence-electron chi connectivity index (χ0n) is 18.9. The first-order valence-corrected chi connectivity index (χ1v) is 11.6. The third-order valence-electron chi connectivity index (χ3n) is 6.84. The van der Waals surface area contributed by atoms with Crippen LogP contribution in [-0.4, -0.2) is 61.5 Å². The van der Waals surface area contributed by atoms with Gasteiger partial charge in [0.05, 0.1) is 24.4 Å². The predicted octanol–water partition coefficient (Wildman–Crippen LogP) is 4.67. The molecule has 1 saturated heterocycles. The highest BCUT2D eigenvalue weighted by atomic mass is 19.4. The van der Waals surface area contributed by atoms with Crippen molar-refractivity contribution >= 4 is 5.69 Å². The van der Waals surface area contributed by atoms with E-state index >= 15 is 0 Å². The largest absolute Gasteiger partial charge is 0.416 e. The second-order valence-electron chi connectivity index (χ2n) is 9.69. The zero-order chi connectivity index (χ0) is 22.6. The van der Waals surface area contributed by atoms with Crippen LogP contribution in [0.15, 0.2) is 24.3 Å². The summed E-state index contributed by atoms with van der Waals surface area (Å²) in [7, 11) is 0. The molecule has 1 saturated carbocycles. The van der Waals surface area contributed by atoms with Gasteiger partial charge in [-0.05, 0) is 48.8 Å². The molecular weight excluding hydrogens is 405 g/mol. The Hall–Kier alpha value is -1.31. The van der Waals surface area contributed by atoms with Crippen molar-refractivity contribution in [3.8, 4) is 0 Å². The summed E-state index contributed by atoms with van der Waals surface area (Å²) in [6.07, 6.45) is -1.16. The minimum atomic E-state index is -4.33. The zero-order valence-corrected chi connectivity index (χ0v) is 18.9. The molecule has 1 aromatic carbocycles. The number of piperazine rings is 1. The van der Waals surface area contributed by atoms with Crippen LogP contribution < -0.4 is 4.90 Å². The van der Waals surface area contributed by atoms with E-state index in [1.54, 1.807) is 6.07 Å². The molecule has 0 aromatic heterocycles. The molecule has 7 heteroatoms. The van der Waals surface area contributed by atoms with Gasteiger partial charge in [0.15, 0.2) is 0 Å². The van der Waals surface area contributed by atoms with E-state index in [2.05, 4.69) is 25.7 Å². The third-order valence-corrected chi connectivity index (χ3v) is 6.84. The number of benzene rings is 1. The fourth-order valence-corrected chi connectivity index (χ4v) is 4.96. The second-order valence-corrected chi connectivity index (χ2v) is 9.69. The molecular formula is C24H37F3N2O2. The fraction of sp³-hybridized carbons (Fsp3) is 0.750. The Morgan fingerprint density at radius 3 is 2.48 bits per heavy atom. The molecule has 2 aliphatic rings. The number of ether oxygens (including phenoxy) is 1. The van der Waals surface area contributed by atoms with Gasteiger partial charge in [0.2, 0.25) is 0 Å². The lowest BCUT2D eigenvalue weighted by molar-refractivity contribution is -0.137. The van der Waals surface area contributed by atoms with Gasteiger partial charge < -0.3 is 14.7 Å². The third kappa shape index (κ3) is 6.83. The molecule has 4 atom stereocenters. The van der Waals surface area contributed by atoms with Crippen LogP contribution in [0.3, 0.4) is 0 Å². The Morgan fingerprint density at radius 1 is 1.13 bits per heavy atom. The molecule has 4 nitrogen and oxygen atoms in total. The number of β-amino-alcohol motifs (C(OH)–C–C–N with tert-alkyl or cyclic N) is 1. The van der Waals surface area contributed by atoms with Gasteiger partial charge in [0, 0.05) is 38.4 Å². The monoisotopic (exact) mass is 442 g/mol. The number of hydrogen-bond donors (Lipinski definition) is 1. The van der Waals surface area contributed by atoms with Gasteiger partial charge in [0.25, 0.3) is 0 Å². The van der Waals surface area contributed by atoms with Crippen molar-refractivity contribution in [2.45, 2.75) is 58.4 Å². The summed E-state index contributed by atoms with van der Waals surface area (Å²) in [4.78, 5) is 4.15. The van der Waals surface area contributed by atoms with E-state index < -0.39 is 17.8 Å². The van der Waals surface area contributed by atoms with Crippen molar-refractivity contribution < 1.29 is 23.0 Å². The second kappa shape index (κ2) is 10.5. The molecule has 0 radical (unpaired) electrons. The summed E-state index contributed by atoms with van der Waals surface area (Å²) in [5, 5.41) is 10.5. The lowest BCUT2D eigenvalue weighted by Gasteiger charge is -2.39. The van der Waals surface area contributed by atoms with E-state index in [0.29, 0.717) is 62.8 Å². The quantitative estimate of drug-likeness (QED) is 0.666. The van der Waals surface area contributed by atoms with Crippen molar-refractivity contribution in [3.05, 3.63) is 29.8 Å². The van der Waals surface area contributed by atoms with E-state index in [-0.39, 0.29) is 6.10 Å². The van der Waals surface area contributed by atoms with Gasteiger partial charge in [0.1, 0.15) is 0 Å². The average molecular weight is 443 g/mol. The van der Waals surface area contributed by atoms with E-state index in [4.69, 9.17) is 4.74 Å². The summed E-state index contributed by atoms with van der Waals surface area (Å²) >= 11 is 0. The molecule has 1 N–H and O–H groups in total. The molecule has 176 valence electrons. The standard InChI is InChI=1S/C24H37F3N2O2/c1-17(2)22-8-7-18(3)13-23(22)31-16-21(30)15-28-9-11-29(12-10-28)20-6-4-5-19(14-20)24(25,26)27/h4-6,14,17-18,21-23,30H,7-13,15-16H2,1-3H3/t18-,21-,22-,23+/m1/s1. The molecule has 0 bridgehead atoms. The van der Waals surface area contributed by atoms with Crippen molar-refractivity contribution in [2.75, 3.05) is 44.2 Å². The van der Waals surface area contributed by atoms with E-state index in [0.717, 1.165) is 12.5 Å². The minimum absolute atomic E-state index is 0.219. The van der Waals surface area contributed by atoms with Crippen molar-refractivity contribution in [1.29, 1.82) is 0 Å². The fourth-order valence-electron chi connectivity index (χ4n) is 4.96. The van der Waals surface area contributed by atoms with E-state index in [1.807, 2.05) is 4.90 Å². The Bertz CT molecular complexity index is 690. The maximum atomic E-state index is 13.0. The first kappa shape index (κ1) is 24.3.